The van der Waals surface area contributed by atoms with Crippen LogP contribution in [0, 0.1) is 0 Å². The first-order valence-corrected chi connectivity index (χ1v) is 6.69. The third kappa shape index (κ3) is 2.98. The number of rotatable bonds is 3. The van der Waals surface area contributed by atoms with Gasteiger partial charge >= 0.3 is 0 Å². The molecule has 1 aromatic carbocycles. The third-order valence-electron chi connectivity index (χ3n) is 3.09. The SMILES string of the molecule is CNC1CCN(Cc2ccc(Br)cc2Cl)C1. The molecule has 88 valence electrons. The van der Waals surface area contributed by atoms with E-state index in [0.29, 0.717) is 6.04 Å². The van der Waals surface area contributed by atoms with Crippen LogP contribution in [0.4, 0.5) is 0 Å². The van der Waals surface area contributed by atoms with E-state index in [4.69, 9.17) is 11.6 Å². The average molecular weight is 304 g/mol. The third-order valence-corrected chi connectivity index (χ3v) is 3.93. The molecule has 0 aromatic heterocycles. The van der Waals surface area contributed by atoms with Gasteiger partial charge in [-0.1, -0.05) is 33.6 Å². The molecule has 1 atom stereocenters. The van der Waals surface area contributed by atoms with Crippen molar-refractivity contribution in [1.82, 2.24) is 10.2 Å². The molecule has 0 aliphatic carbocycles. The Hall–Kier alpha value is -0.0900. The fourth-order valence-electron chi connectivity index (χ4n) is 2.10. The summed E-state index contributed by atoms with van der Waals surface area (Å²) >= 11 is 9.63. The Bertz CT molecular complexity index is 370. The van der Waals surface area contributed by atoms with Gasteiger partial charge in [0.2, 0.25) is 0 Å². The zero-order valence-corrected chi connectivity index (χ0v) is 11.7. The highest BCUT2D eigenvalue weighted by Gasteiger charge is 2.21. The van der Waals surface area contributed by atoms with E-state index in [-0.39, 0.29) is 0 Å². The minimum atomic E-state index is 0.634. The maximum Gasteiger partial charge on any atom is 0.0462 e. The number of halogens is 2. The zero-order valence-electron chi connectivity index (χ0n) is 9.34. The van der Waals surface area contributed by atoms with Gasteiger partial charge in [0.15, 0.2) is 0 Å². The van der Waals surface area contributed by atoms with Crippen LogP contribution in [0.15, 0.2) is 22.7 Å². The summed E-state index contributed by atoms with van der Waals surface area (Å²) in [6.07, 6.45) is 1.23. The fourth-order valence-corrected chi connectivity index (χ4v) is 2.84. The lowest BCUT2D eigenvalue weighted by atomic mass is 10.2. The van der Waals surface area contributed by atoms with Gasteiger partial charge < -0.3 is 5.32 Å². The van der Waals surface area contributed by atoms with E-state index < -0.39 is 0 Å². The molecule has 16 heavy (non-hydrogen) atoms. The molecule has 1 aliphatic rings. The van der Waals surface area contributed by atoms with Crippen molar-refractivity contribution in [3.63, 3.8) is 0 Å². The van der Waals surface area contributed by atoms with Gasteiger partial charge in [0.05, 0.1) is 0 Å². The quantitative estimate of drug-likeness (QED) is 0.924. The highest BCUT2D eigenvalue weighted by Crippen LogP contribution is 2.23. The lowest BCUT2D eigenvalue weighted by Gasteiger charge is -2.16. The van der Waals surface area contributed by atoms with Crippen molar-refractivity contribution in [3.8, 4) is 0 Å². The molecule has 4 heteroatoms. The Morgan fingerprint density at radius 3 is 3.00 bits per heavy atom. The predicted octanol–water partition coefficient (Wildman–Crippen LogP) is 2.90. The van der Waals surface area contributed by atoms with Gasteiger partial charge in [-0.25, -0.2) is 0 Å². The normalized spacial score (nSPS) is 21.6. The lowest BCUT2D eigenvalue weighted by Crippen LogP contribution is -2.29. The lowest BCUT2D eigenvalue weighted by molar-refractivity contribution is 0.322. The van der Waals surface area contributed by atoms with Gasteiger partial charge in [-0.05, 0) is 31.2 Å². The Balaban J connectivity index is 1.99. The molecule has 0 amide bonds. The van der Waals surface area contributed by atoms with E-state index >= 15 is 0 Å². The maximum atomic E-state index is 6.21. The molecule has 0 spiro atoms. The van der Waals surface area contributed by atoms with Crippen LogP contribution in [0.1, 0.15) is 12.0 Å². The molecule has 1 heterocycles. The van der Waals surface area contributed by atoms with Crippen LogP contribution in [0.25, 0.3) is 0 Å². The molecule has 0 bridgehead atoms. The number of likely N-dealkylation sites (tertiary alicyclic amines) is 1. The summed E-state index contributed by atoms with van der Waals surface area (Å²) in [6, 6.07) is 6.74. The van der Waals surface area contributed by atoms with Crippen LogP contribution in [-0.2, 0) is 6.54 Å². The van der Waals surface area contributed by atoms with Crippen molar-refractivity contribution in [1.29, 1.82) is 0 Å². The number of benzene rings is 1. The minimum Gasteiger partial charge on any atom is -0.316 e. The van der Waals surface area contributed by atoms with Crippen molar-refractivity contribution in [3.05, 3.63) is 33.3 Å². The van der Waals surface area contributed by atoms with Gasteiger partial charge in [0, 0.05) is 35.2 Å². The first-order valence-electron chi connectivity index (χ1n) is 5.52. The van der Waals surface area contributed by atoms with Crippen molar-refractivity contribution in [2.24, 2.45) is 0 Å². The molecule has 0 radical (unpaired) electrons. The number of likely N-dealkylation sites (N-methyl/N-ethyl adjacent to an activating group) is 1. The number of nitrogens with one attached hydrogen (secondary N) is 1. The van der Waals surface area contributed by atoms with Gasteiger partial charge in [-0.15, -0.1) is 0 Å². The number of hydrogen-bond acceptors (Lipinski definition) is 2. The molecule has 1 aromatic rings. The Kier molecular flexibility index (Phi) is 4.25. The summed E-state index contributed by atoms with van der Waals surface area (Å²) in [6.45, 7) is 3.21. The van der Waals surface area contributed by atoms with Gasteiger partial charge in [-0.3, -0.25) is 4.90 Å². The maximum absolute atomic E-state index is 6.21. The van der Waals surface area contributed by atoms with Crippen molar-refractivity contribution < 1.29 is 0 Å². The summed E-state index contributed by atoms with van der Waals surface area (Å²) in [5.74, 6) is 0. The van der Waals surface area contributed by atoms with Crippen LogP contribution in [-0.4, -0.2) is 31.1 Å². The molecule has 1 saturated heterocycles. The molecular formula is C12H16BrClN2. The molecule has 1 N–H and O–H groups in total. The van der Waals surface area contributed by atoms with Crippen molar-refractivity contribution in [2.45, 2.75) is 19.0 Å². The fraction of sp³-hybridized carbons (Fsp3) is 0.500. The average Bonchev–Trinajstić information content (AvgIpc) is 2.70. The minimum absolute atomic E-state index is 0.634. The van der Waals surface area contributed by atoms with E-state index in [1.54, 1.807) is 0 Å². The van der Waals surface area contributed by atoms with Crippen molar-refractivity contribution in [2.75, 3.05) is 20.1 Å². The zero-order chi connectivity index (χ0) is 11.5. The first kappa shape index (κ1) is 12.4. The topological polar surface area (TPSA) is 15.3 Å². The Morgan fingerprint density at radius 2 is 2.38 bits per heavy atom. The number of hydrogen-bond donors (Lipinski definition) is 1. The van der Waals surface area contributed by atoms with Crippen LogP contribution in [0.5, 0.6) is 0 Å². The van der Waals surface area contributed by atoms with E-state index in [0.717, 1.165) is 29.1 Å². The van der Waals surface area contributed by atoms with E-state index in [1.807, 2.05) is 19.2 Å². The van der Waals surface area contributed by atoms with Crippen LogP contribution < -0.4 is 5.32 Å². The first-order chi connectivity index (χ1) is 7.69. The summed E-state index contributed by atoms with van der Waals surface area (Å²) < 4.78 is 1.04. The van der Waals surface area contributed by atoms with Crippen LogP contribution >= 0.6 is 27.5 Å². The van der Waals surface area contributed by atoms with Gasteiger partial charge in [0.1, 0.15) is 0 Å². The van der Waals surface area contributed by atoms with E-state index in [2.05, 4.69) is 32.2 Å². The second-order valence-electron chi connectivity index (χ2n) is 4.25. The second-order valence-corrected chi connectivity index (χ2v) is 5.57. The Morgan fingerprint density at radius 1 is 1.56 bits per heavy atom. The molecule has 1 aliphatic heterocycles. The molecule has 2 rings (SSSR count). The summed E-state index contributed by atoms with van der Waals surface area (Å²) in [4.78, 5) is 2.44. The molecule has 2 nitrogen and oxygen atoms in total. The van der Waals surface area contributed by atoms with Gasteiger partial charge in [0.25, 0.3) is 0 Å². The molecule has 1 unspecified atom stereocenters. The highest BCUT2D eigenvalue weighted by atomic mass is 79.9. The van der Waals surface area contributed by atoms with Gasteiger partial charge in [-0.2, -0.15) is 0 Å². The second kappa shape index (κ2) is 5.50. The summed E-state index contributed by atoms with van der Waals surface area (Å²) in [5.41, 5.74) is 1.21. The summed E-state index contributed by atoms with van der Waals surface area (Å²) in [5, 5.41) is 4.17. The predicted molar refractivity (Wildman–Crippen MR) is 71.9 cm³/mol. The smallest absolute Gasteiger partial charge is 0.0462 e. The van der Waals surface area contributed by atoms with Crippen LogP contribution in [0.2, 0.25) is 5.02 Å². The monoisotopic (exact) mass is 302 g/mol. The molecule has 0 saturated carbocycles. The highest BCUT2D eigenvalue weighted by molar-refractivity contribution is 9.10. The van der Waals surface area contributed by atoms with E-state index in [9.17, 15) is 0 Å². The van der Waals surface area contributed by atoms with Crippen LogP contribution in [0.3, 0.4) is 0 Å². The standard InChI is InChI=1S/C12H16BrClN2/c1-15-11-4-5-16(8-11)7-9-2-3-10(13)6-12(9)14/h2-3,6,11,15H,4-5,7-8H2,1H3. The molecule has 1 fully saturated rings. The van der Waals surface area contributed by atoms with E-state index in [1.165, 1.54) is 12.0 Å². The number of nitrogens with zero attached hydrogens (tertiary/aromatic N) is 1. The summed E-state index contributed by atoms with van der Waals surface area (Å²) in [7, 11) is 2.03. The Labute approximate surface area is 110 Å². The largest absolute Gasteiger partial charge is 0.316 e. The molecular weight excluding hydrogens is 288 g/mol. The van der Waals surface area contributed by atoms with Crippen molar-refractivity contribution >= 4 is 27.5 Å².